The monoisotopic (exact) mass is 395 g/mol. The molecule has 0 bridgehead atoms. The molecule has 5 rings (SSSR count). The lowest BCUT2D eigenvalue weighted by Gasteiger charge is -2.07. The summed E-state index contributed by atoms with van der Waals surface area (Å²) >= 11 is 0. The molecule has 3 heterocycles. The van der Waals surface area contributed by atoms with Gasteiger partial charge in [0.25, 0.3) is 0 Å². The average Bonchev–Trinajstić information content (AvgIpc) is 3.44. The van der Waals surface area contributed by atoms with Crippen LogP contribution in [0.15, 0.2) is 73.2 Å². The number of benzene rings is 1. The van der Waals surface area contributed by atoms with Crippen LogP contribution in [0.25, 0.3) is 33.6 Å². The van der Waals surface area contributed by atoms with Gasteiger partial charge >= 0.3 is 5.97 Å². The quantitative estimate of drug-likeness (QED) is 0.501. The number of aromatic nitrogens is 3. The number of fused-ring (bicyclic) bond motifs is 1. The van der Waals surface area contributed by atoms with Crippen molar-refractivity contribution in [2.45, 2.75) is 25.7 Å². The van der Waals surface area contributed by atoms with E-state index in [0.717, 1.165) is 52.1 Å². The standard InChI is InChI=1S/C25H21N3O2/c29-25(30)13-17-5-7-18(8-6-17)20-10-12-28-23(16-27-24(28)15-20)21-9-11-26-22(14-21)19-3-1-2-4-19/h3,5-12,14-16H,1-2,4,13H2,(H,29,30). The number of allylic oxidation sites excluding steroid dienone is 2. The average molecular weight is 395 g/mol. The number of carbonyl (C=O) groups is 1. The van der Waals surface area contributed by atoms with Gasteiger partial charge in [-0.1, -0.05) is 30.3 Å². The maximum Gasteiger partial charge on any atom is 0.307 e. The molecule has 0 atom stereocenters. The molecule has 5 nitrogen and oxygen atoms in total. The zero-order chi connectivity index (χ0) is 20.5. The van der Waals surface area contributed by atoms with Crippen LogP contribution in [0.1, 0.15) is 30.5 Å². The smallest absolute Gasteiger partial charge is 0.307 e. The van der Waals surface area contributed by atoms with Crippen molar-refractivity contribution >= 4 is 17.2 Å². The minimum atomic E-state index is -0.822. The SMILES string of the molecule is O=C(O)Cc1ccc(-c2ccn3c(-c4ccnc(C5=CCCC5)c4)cnc3c2)cc1. The number of pyridine rings is 2. The Hall–Kier alpha value is -3.73. The summed E-state index contributed by atoms with van der Waals surface area (Å²) in [5.41, 5.74) is 8.28. The first-order valence-electron chi connectivity index (χ1n) is 10.1. The van der Waals surface area contributed by atoms with Crippen molar-refractivity contribution in [3.8, 4) is 22.4 Å². The van der Waals surface area contributed by atoms with Crippen LogP contribution in [0.4, 0.5) is 0 Å². The Labute approximate surface area is 174 Å². The zero-order valence-corrected chi connectivity index (χ0v) is 16.5. The van der Waals surface area contributed by atoms with Crippen LogP contribution in [0, 0.1) is 0 Å². The highest BCUT2D eigenvalue weighted by Crippen LogP contribution is 2.30. The van der Waals surface area contributed by atoms with E-state index in [1.54, 1.807) is 0 Å². The Balaban J connectivity index is 1.47. The fraction of sp³-hybridized carbons (Fsp3) is 0.160. The van der Waals surface area contributed by atoms with E-state index in [2.05, 4.69) is 38.6 Å². The largest absolute Gasteiger partial charge is 0.481 e. The second kappa shape index (κ2) is 7.59. The number of carboxylic acids is 1. The molecule has 1 aliphatic carbocycles. The molecule has 3 aromatic heterocycles. The fourth-order valence-corrected chi connectivity index (χ4v) is 4.03. The molecule has 1 N–H and O–H groups in total. The number of hydrogen-bond acceptors (Lipinski definition) is 3. The number of carboxylic acid groups (broad SMARTS) is 1. The second-order valence-corrected chi connectivity index (χ2v) is 7.61. The van der Waals surface area contributed by atoms with Crippen LogP contribution in [-0.2, 0) is 11.2 Å². The van der Waals surface area contributed by atoms with Crippen LogP contribution in [0.5, 0.6) is 0 Å². The molecule has 0 spiro atoms. The van der Waals surface area contributed by atoms with Crippen molar-refractivity contribution in [1.29, 1.82) is 0 Å². The van der Waals surface area contributed by atoms with Crippen molar-refractivity contribution in [3.63, 3.8) is 0 Å². The fourth-order valence-electron chi connectivity index (χ4n) is 4.03. The van der Waals surface area contributed by atoms with Crippen molar-refractivity contribution in [1.82, 2.24) is 14.4 Å². The Morgan fingerprint density at radius 2 is 1.87 bits per heavy atom. The second-order valence-electron chi connectivity index (χ2n) is 7.61. The van der Waals surface area contributed by atoms with E-state index >= 15 is 0 Å². The molecule has 0 amide bonds. The predicted octanol–water partition coefficient (Wildman–Crippen LogP) is 5.26. The molecule has 5 heteroatoms. The van der Waals surface area contributed by atoms with E-state index in [9.17, 15) is 4.79 Å². The van der Waals surface area contributed by atoms with Crippen LogP contribution in [-0.4, -0.2) is 25.4 Å². The molecule has 0 aliphatic heterocycles. The molecule has 148 valence electrons. The summed E-state index contributed by atoms with van der Waals surface area (Å²) in [5.74, 6) is -0.822. The van der Waals surface area contributed by atoms with E-state index in [1.807, 2.05) is 48.9 Å². The highest BCUT2D eigenvalue weighted by atomic mass is 16.4. The van der Waals surface area contributed by atoms with Gasteiger partial charge in [0.05, 0.1) is 24.0 Å². The van der Waals surface area contributed by atoms with Crippen LogP contribution in [0.3, 0.4) is 0 Å². The van der Waals surface area contributed by atoms with Gasteiger partial charge in [0, 0.05) is 18.0 Å². The molecular weight excluding hydrogens is 374 g/mol. The molecular formula is C25H21N3O2. The highest BCUT2D eigenvalue weighted by molar-refractivity contribution is 5.74. The number of nitrogens with zero attached hydrogens (tertiary/aromatic N) is 3. The van der Waals surface area contributed by atoms with E-state index in [4.69, 9.17) is 5.11 Å². The van der Waals surface area contributed by atoms with Crippen LogP contribution >= 0.6 is 0 Å². The Morgan fingerprint density at radius 3 is 2.63 bits per heavy atom. The topological polar surface area (TPSA) is 67.5 Å². The Bertz CT molecular complexity index is 1270. The summed E-state index contributed by atoms with van der Waals surface area (Å²) in [6.45, 7) is 0. The Kier molecular flexibility index (Phi) is 4.64. The molecule has 1 aromatic carbocycles. The molecule has 0 saturated heterocycles. The normalized spacial score (nSPS) is 13.5. The summed E-state index contributed by atoms with van der Waals surface area (Å²) in [6, 6.07) is 15.9. The molecule has 0 unspecified atom stereocenters. The van der Waals surface area contributed by atoms with Gasteiger partial charge < -0.3 is 5.11 Å². The number of imidazole rings is 1. The minimum Gasteiger partial charge on any atom is -0.481 e. The maximum atomic E-state index is 10.9. The summed E-state index contributed by atoms with van der Waals surface area (Å²) in [6.07, 6.45) is 11.6. The summed E-state index contributed by atoms with van der Waals surface area (Å²) in [4.78, 5) is 20.0. The number of rotatable bonds is 5. The van der Waals surface area contributed by atoms with Gasteiger partial charge in [-0.05, 0) is 65.8 Å². The third kappa shape index (κ3) is 3.50. The van der Waals surface area contributed by atoms with Gasteiger partial charge in [0.15, 0.2) is 0 Å². The molecule has 0 radical (unpaired) electrons. The van der Waals surface area contributed by atoms with Gasteiger partial charge in [-0.15, -0.1) is 0 Å². The van der Waals surface area contributed by atoms with Crippen molar-refractivity contribution in [2.24, 2.45) is 0 Å². The molecule has 4 aromatic rings. The van der Waals surface area contributed by atoms with E-state index in [1.165, 1.54) is 12.0 Å². The molecule has 0 saturated carbocycles. The minimum absolute atomic E-state index is 0.0355. The summed E-state index contributed by atoms with van der Waals surface area (Å²) in [5, 5.41) is 8.93. The molecule has 1 aliphatic rings. The van der Waals surface area contributed by atoms with E-state index in [0.29, 0.717) is 0 Å². The molecule has 30 heavy (non-hydrogen) atoms. The van der Waals surface area contributed by atoms with E-state index < -0.39 is 5.97 Å². The number of hydrogen-bond donors (Lipinski definition) is 1. The van der Waals surface area contributed by atoms with E-state index in [-0.39, 0.29) is 6.42 Å². The van der Waals surface area contributed by atoms with Crippen LogP contribution in [0.2, 0.25) is 0 Å². The highest BCUT2D eigenvalue weighted by Gasteiger charge is 2.12. The van der Waals surface area contributed by atoms with Crippen molar-refractivity contribution in [2.75, 3.05) is 0 Å². The summed E-state index contributed by atoms with van der Waals surface area (Å²) < 4.78 is 2.09. The molecule has 0 fully saturated rings. The first-order chi connectivity index (χ1) is 14.7. The lowest BCUT2D eigenvalue weighted by molar-refractivity contribution is -0.136. The van der Waals surface area contributed by atoms with Gasteiger partial charge in [-0.3, -0.25) is 14.2 Å². The van der Waals surface area contributed by atoms with Crippen LogP contribution < -0.4 is 0 Å². The van der Waals surface area contributed by atoms with Crippen molar-refractivity contribution < 1.29 is 9.90 Å². The van der Waals surface area contributed by atoms with Gasteiger partial charge in [0.2, 0.25) is 0 Å². The zero-order valence-electron chi connectivity index (χ0n) is 16.5. The van der Waals surface area contributed by atoms with Gasteiger partial charge in [0.1, 0.15) is 5.65 Å². The third-order valence-electron chi connectivity index (χ3n) is 5.58. The lowest BCUT2D eigenvalue weighted by atomic mass is 10.0. The first-order valence-corrected chi connectivity index (χ1v) is 10.1. The van der Waals surface area contributed by atoms with Gasteiger partial charge in [-0.25, -0.2) is 4.98 Å². The number of aliphatic carboxylic acids is 1. The third-order valence-corrected chi connectivity index (χ3v) is 5.58. The Morgan fingerprint density at radius 1 is 1.00 bits per heavy atom. The lowest BCUT2D eigenvalue weighted by Crippen LogP contribution is -1.99. The first kappa shape index (κ1) is 18.3. The predicted molar refractivity (Wildman–Crippen MR) is 117 cm³/mol. The maximum absolute atomic E-state index is 10.9. The van der Waals surface area contributed by atoms with Crippen molar-refractivity contribution in [3.05, 3.63) is 84.5 Å². The summed E-state index contributed by atoms with van der Waals surface area (Å²) in [7, 11) is 0. The van der Waals surface area contributed by atoms with Gasteiger partial charge in [-0.2, -0.15) is 0 Å².